The molecule has 1 saturated heterocycles. The Morgan fingerprint density at radius 3 is 2.28 bits per heavy atom. The van der Waals surface area contributed by atoms with Crippen molar-refractivity contribution in [2.75, 3.05) is 55.2 Å². The van der Waals surface area contributed by atoms with Crippen molar-refractivity contribution in [2.24, 2.45) is 34.5 Å². The van der Waals surface area contributed by atoms with E-state index in [1.165, 1.54) is 6.92 Å². The number of hydrogen-bond acceptors (Lipinski definition) is 11. The fourth-order valence-electron chi connectivity index (χ4n) is 12.4. The first-order valence-corrected chi connectivity index (χ1v) is 16.6. The molecule has 5 saturated carbocycles. The standard InChI is InChI=1S/C35H49NO10/c1-8-36-17-32(18-40-3)14-13-23(42-5)35-22-15-33(39)24(43-6)16-34(46-19(2)37,26(29(35)36)27(44-7)28(32)35)25(22)30(33)45-31(38)20-9-11-21(41-4)12-10-20/h9-12,22-30,39H,8,13-18H2,1-7H3/t22-,23+,24-,25-,26+,27+,28+,29-,30-,32-,33-,34+,35+/m1/s1. The van der Waals surface area contributed by atoms with Gasteiger partial charge in [-0.2, -0.15) is 0 Å². The third kappa shape index (κ3) is 3.87. The number of hydrogen-bond donors (Lipinski definition) is 1. The Morgan fingerprint density at radius 1 is 0.978 bits per heavy atom. The van der Waals surface area contributed by atoms with Crippen molar-refractivity contribution >= 4 is 11.9 Å². The van der Waals surface area contributed by atoms with Gasteiger partial charge in [-0.15, -0.1) is 0 Å². The van der Waals surface area contributed by atoms with Crippen LogP contribution >= 0.6 is 0 Å². The third-order valence-corrected chi connectivity index (χ3v) is 13.3. The van der Waals surface area contributed by atoms with Gasteiger partial charge in [-0.1, -0.05) is 6.92 Å². The number of aliphatic hydroxyl groups is 1. The van der Waals surface area contributed by atoms with Crippen LogP contribution in [0.1, 0.15) is 49.9 Å². The average Bonchev–Trinajstić information content (AvgIpc) is 3.42. The van der Waals surface area contributed by atoms with Crippen LogP contribution in [0.4, 0.5) is 0 Å². The molecular formula is C35H49NO10. The highest BCUT2D eigenvalue weighted by Crippen LogP contribution is 2.80. The Hall–Kier alpha value is -2.28. The van der Waals surface area contributed by atoms with Crippen molar-refractivity contribution in [3.8, 4) is 5.75 Å². The number of rotatable bonds is 10. The first-order chi connectivity index (χ1) is 22.1. The Labute approximate surface area is 271 Å². The highest BCUT2D eigenvalue weighted by atomic mass is 16.6. The largest absolute Gasteiger partial charge is 0.497 e. The second-order valence-corrected chi connectivity index (χ2v) is 14.6. The number of benzene rings is 1. The lowest BCUT2D eigenvalue weighted by Gasteiger charge is -2.69. The van der Waals surface area contributed by atoms with Gasteiger partial charge in [-0.05, 0) is 56.0 Å². The van der Waals surface area contributed by atoms with Gasteiger partial charge in [0.15, 0.2) is 0 Å². The fraction of sp³-hybridized carbons (Fsp3) is 0.771. The van der Waals surface area contributed by atoms with E-state index in [0.717, 1.165) is 25.9 Å². The maximum atomic E-state index is 13.9. The van der Waals surface area contributed by atoms with Gasteiger partial charge < -0.3 is 38.3 Å². The van der Waals surface area contributed by atoms with Crippen LogP contribution in [-0.2, 0) is 33.2 Å². The van der Waals surface area contributed by atoms with Gasteiger partial charge in [0, 0.05) is 83.0 Å². The Bertz CT molecular complexity index is 1360. The van der Waals surface area contributed by atoms with E-state index in [4.69, 9.17) is 33.2 Å². The van der Waals surface area contributed by atoms with Gasteiger partial charge in [-0.3, -0.25) is 9.69 Å². The van der Waals surface area contributed by atoms with E-state index in [9.17, 15) is 14.7 Å². The number of piperidine rings is 1. The molecule has 13 atom stereocenters. The van der Waals surface area contributed by atoms with Crippen LogP contribution < -0.4 is 4.74 Å². The van der Waals surface area contributed by atoms with Crippen molar-refractivity contribution in [1.82, 2.24) is 4.90 Å². The highest BCUT2D eigenvalue weighted by molar-refractivity contribution is 5.89. The van der Waals surface area contributed by atoms with Gasteiger partial charge in [0.25, 0.3) is 0 Å². The quantitative estimate of drug-likeness (QED) is 0.379. The molecule has 6 aliphatic rings. The van der Waals surface area contributed by atoms with Crippen LogP contribution in [0, 0.1) is 34.5 Å². The number of carbonyl (C=O) groups excluding carboxylic acids is 2. The predicted octanol–water partition coefficient (Wildman–Crippen LogP) is 2.72. The summed E-state index contributed by atoms with van der Waals surface area (Å²) in [4.78, 5) is 29.7. The Morgan fingerprint density at radius 2 is 1.70 bits per heavy atom. The van der Waals surface area contributed by atoms with Gasteiger partial charge in [0.2, 0.25) is 0 Å². The van der Waals surface area contributed by atoms with Crippen molar-refractivity contribution in [3.63, 3.8) is 0 Å². The van der Waals surface area contributed by atoms with Crippen molar-refractivity contribution in [1.29, 1.82) is 0 Å². The van der Waals surface area contributed by atoms with Crippen molar-refractivity contribution in [2.45, 2.75) is 81.2 Å². The second kappa shape index (κ2) is 11.1. The minimum Gasteiger partial charge on any atom is -0.497 e. The lowest BCUT2D eigenvalue weighted by atomic mass is 9.43. The summed E-state index contributed by atoms with van der Waals surface area (Å²) in [6.07, 6.45) is 0.142. The summed E-state index contributed by atoms with van der Waals surface area (Å²) in [5, 5.41) is 12.8. The van der Waals surface area contributed by atoms with E-state index in [1.54, 1.807) is 59.8 Å². The summed E-state index contributed by atoms with van der Waals surface area (Å²) < 4.78 is 43.6. The van der Waals surface area contributed by atoms with Crippen LogP contribution in [0.5, 0.6) is 5.75 Å². The molecule has 1 N–H and O–H groups in total. The third-order valence-electron chi connectivity index (χ3n) is 13.3. The van der Waals surface area contributed by atoms with E-state index in [2.05, 4.69) is 11.8 Å². The van der Waals surface area contributed by atoms with E-state index in [1.807, 2.05) is 0 Å². The highest BCUT2D eigenvalue weighted by Gasteiger charge is 2.89. The van der Waals surface area contributed by atoms with E-state index >= 15 is 0 Å². The van der Waals surface area contributed by atoms with Gasteiger partial charge in [-0.25, -0.2) is 4.79 Å². The first kappa shape index (κ1) is 32.3. The molecule has 11 nitrogen and oxygen atoms in total. The summed E-state index contributed by atoms with van der Waals surface area (Å²) in [5.74, 6) is -1.38. The molecule has 11 heteroatoms. The number of carbonyl (C=O) groups is 2. The molecule has 1 aliphatic heterocycles. The maximum absolute atomic E-state index is 13.9. The molecule has 7 rings (SSSR count). The first-order valence-electron chi connectivity index (χ1n) is 16.6. The van der Waals surface area contributed by atoms with Crippen LogP contribution in [0.25, 0.3) is 0 Å². The lowest BCUT2D eigenvalue weighted by molar-refractivity contribution is -0.287. The summed E-state index contributed by atoms with van der Waals surface area (Å²) in [7, 11) is 8.44. The minimum absolute atomic E-state index is 0.00534. The maximum Gasteiger partial charge on any atom is 0.338 e. The summed E-state index contributed by atoms with van der Waals surface area (Å²) in [6.45, 7) is 5.80. The monoisotopic (exact) mass is 643 g/mol. The Balaban J connectivity index is 1.46. The molecular weight excluding hydrogens is 594 g/mol. The van der Waals surface area contributed by atoms with Crippen molar-refractivity contribution in [3.05, 3.63) is 29.8 Å². The molecule has 1 heterocycles. The number of nitrogens with zero attached hydrogens (tertiary/aromatic N) is 1. The topological polar surface area (TPSA) is 122 Å². The molecule has 254 valence electrons. The minimum atomic E-state index is -1.51. The van der Waals surface area contributed by atoms with Crippen LogP contribution in [-0.4, -0.2) is 119 Å². The van der Waals surface area contributed by atoms with Crippen molar-refractivity contribution < 1.29 is 47.9 Å². The average molecular weight is 644 g/mol. The number of esters is 2. The molecule has 5 aliphatic carbocycles. The van der Waals surface area contributed by atoms with E-state index < -0.39 is 46.7 Å². The van der Waals surface area contributed by atoms with Gasteiger partial charge in [0.05, 0.1) is 37.6 Å². The van der Waals surface area contributed by atoms with Crippen LogP contribution in [0.3, 0.4) is 0 Å². The number of fused-ring (bicyclic) bond motifs is 2. The van der Waals surface area contributed by atoms with Gasteiger partial charge in [0.1, 0.15) is 23.1 Å². The van der Waals surface area contributed by atoms with Crippen LogP contribution in [0.15, 0.2) is 24.3 Å². The normalized spacial score (nSPS) is 46.6. The molecule has 1 aromatic carbocycles. The zero-order valence-corrected chi connectivity index (χ0v) is 28.0. The molecule has 1 spiro atoms. The SMILES string of the molecule is CCN1C[C@@]2(COC)CC[C@H](OC)[C@@]34[C@@H]5C[C@]6(O)[C@H](OC(=O)c7ccc(OC)cc7)[C@@H]5[C@@](OC(C)=O)(C[C@H]6OC)[C@@H]([C@H](OC)[C@@H]23)[C@@H]14. The number of ether oxygens (including phenoxy) is 7. The summed E-state index contributed by atoms with van der Waals surface area (Å²) in [5.41, 5.74) is -3.03. The molecule has 0 aromatic heterocycles. The summed E-state index contributed by atoms with van der Waals surface area (Å²) in [6, 6.07) is 6.66. The molecule has 7 bridgehead atoms. The lowest BCUT2D eigenvalue weighted by Crippen LogP contribution is -2.77. The van der Waals surface area contributed by atoms with E-state index in [-0.39, 0.29) is 47.8 Å². The molecule has 46 heavy (non-hydrogen) atoms. The molecule has 1 aromatic rings. The Kier molecular flexibility index (Phi) is 7.81. The molecule has 0 unspecified atom stereocenters. The number of methoxy groups -OCH3 is 5. The molecule has 6 fully saturated rings. The number of likely N-dealkylation sites (tertiary alicyclic amines) is 1. The predicted molar refractivity (Wildman–Crippen MR) is 164 cm³/mol. The van der Waals surface area contributed by atoms with Crippen LogP contribution in [0.2, 0.25) is 0 Å². The second-order valence-electron chi connectivity index (χ2n) is 14.6. The fourth-order valence-corrected chi connectivity index (χ4v) is 12.4. The van der Waals surface area contributed by atoms with E-state index in [0.29, 0.717) is 24.3 Å². The molecule has 0 radical (unpaired) electrons. The zero-order chi connectivity index (χ0) is 32.8. The molecule has 0 amide bonds. The summed E-state index contributed by atoms with van der Waals surface area (Å²) >= 11 is 0. The zero-order valence-electron chi connectivity index (χ0n) is 28.0. The van der Waals surface area contributed by atoms with Gasteiger partial charge >= 0.3 is 11.9 Å². The smallest absolute Gasteiger partial charge is 0.338 e.